The van der Waals surface area contributed by atoms with E-state index in [1.165, 1.54) is 89.2 Å². The number of imidazole rings is 2. The Bertz CT molecular complexity index is 1580. The van der Waals surface area contributed by atoms with Gasteiger partial charge in [0.05, 0.1) is 33.4 Å². The molecule has 5 aromatic rings. The summed E-state index contributed by atoms with van der Waals surface area (Å²) in [5.41, 5.74) is 22.8. The van der Waals surface area contributed by atoms with Crippen LogP contribution in [0.1, 0.15) is 66.8 Å². The molecule has 0 saturated heterocycles. The summed E-state index contributed by atoms with van der Waals surface area (Å²) in [6.07, 6.45) is 4.04. The molecule has 0 spiro atoms. The van der Waals surface area contributed by atoms with Crippen molar-refractivity contribution in [3.05, 3.63) is 79.4 Å². The van der Waals surface area contributed by atoms with Gasteiger partial charge < -0.3 is 0 Å². The number of aryl methyl sites for hydroxylation is 4. The number of fused-ring (bicyclic) bond motifs is 2. The van der Waals surface area contributed by atoms with E-state index in [4.69, 9.17) is 9.97 Å². The lowest BCUT2D eigenvalue weighted by molar-refractivity contribution is 0.988. The Morgan fingerprint density at radius 3 is 0.944 bits per heavy atom. The summed E-state index contributed by atoms with van der Waals surface area (Å²) in [6.45, 7) is 26.7. The van der Waals surface area contributed by atoms with Crippen LogP contribution in [-0.4, -0.2) is 19.1 Å². The molecular formula is C32H38N4. The highest BCUT2D eigenvalue weighted by molar-refractivity contribution is 5.89. The Morgan fingerprint density at radius 1 is 0.361 bits per heavy atom. The number of rotatable bonds is 2. The zero-order chi connectivity index (χ0) is 26.4. The summed E-state index contributed by atoms with van der Waals surface area (Å²) in [6, 6.07) is 0. The summed E-state index contributed by atoms with van der Waals surface area (Å²) in [5, 5.41) is 0. The van der Waals surface area contributed by atoms with E-state index in [2.05, 4.69) is 92.2 Å². The van der Waals surface area contributed by atoms with Crippen molar-refractivity contribution in [3.63, 3.8) is 0 Å². The van der Waals surface area contributed by atoms with Crippen molar-refractivity contribution in [2.24, 2.45) is 0 Å². The van der Waals surface area contributed by atoms with E-state index in [-0.39, 0.29) is 0 Å². The van der Waals surface area contributed by atoms with Crippen molar-refractivity contribution >= 4 is 22.1 Å². The first-order valence-electron chi connectivity index (χ1n) is 12.9. The molecule has 0 aliphatic rings. The summed E-state index contributed by atoms with van der Waals surface area (Å²) in [4.78, 5) is 9.80. The van der Waals surface area contributed by atoms with Crippen LogP contribution in [0.2, 0.25) is 0 Å². The van der Waals surface area contributed by atoms with Crippen LogP contribution in [0.15, 0.2) is 12.7 Å². The third kappa shape index (κ3) is 3.00. The van der Waals surface area contributed by atoms with Gasteiger partial charge in [0.1, 0.15) is 12.7 Å². The lowest BCUT2D eigenvalue weighted by atomic mass is 9.93. The van der Waals surface area contributed by atoms with Gasteiger partial charge in [0.2, 0.25) is 0 Å². The molecule has 0 unspecified atom stereocenters. The van der Waals surface area contributed by atoms with Crippen LogP contribution in [-0.2, 0) is 0 Å². The molecule has 2 heterocycles. The predicted molar refractivity (Wildman–Crippen MR) is 153 cm³/mol. The van der Waals surface area contributed by atoms with Gasteiger partial charge in [-0.05, 0) is 150 Å². The number of benzene rings is 3. The fourth-order valence-corrected chi connectivity index (χ4v) is 6.13. The van der Waals surface area contributed by atoms with Gasteiger partial charge in [-0.15, -0.1) is 0 Å². The molecule has 0 radical (unpaired) electrons. The molecule has 0 atom stereocenters. The van der Waals surface area contributed by atoms with Gasteiger partial charge in [-0.2, -0.15) is 0 Å². The molecule has 4 heteroatoms. The number of nitrogens with zero attached hydrogens (tertiary/aromatic N) is 4. The number of hydrogen-bond acceptors (Lipinski definition) is 2. The minimum Gasteiger partial charge on any atom is -0.298 e. The van der Waals surface area contributed by atoms with Gasteiger partial charge in [-0.3, -0.25) is 9.13 Å². The maximum atomic E-state index is 4.90. The van der Waals surface area contributed by atoms with Crippen LogP contribution in [0, 0.1) is 83.1 Å². The first kappa shape index (κ1) is 24.3. The quantitative estimate of drug-likeness (QED) is 0.257. The second-order valence-electron chi connectivity index (χ2n) is 10.8. The molecule has 3 aromatic carbocycles. The molecule has 0 aliphatic heterocycles. The molecule has 2 aromatic heterocycles. The predicted octanol–water partition coefficient (Wildman–Crippen LogP) is 8.07. The fourth-order valence-electron chi connectivity index (χ4n) is 6.13. The van der Waals surface area contributed by atoms with Crippen LogP contribution in [0.5, 0.6) is 0 Å². The van der Waals surface area contributed by atoms with Gasteiger partial charge >= 0.3 is 0 Å². The SMILES string of the molecule is Cc1c(C)c(-n2cnc3c(C)c(C)c(C)c(C)c32)c(C)c(C)c1-n1cnc2c(C)c(C)c(C)c(C)c21. The normalized spacial score (nSPS) is 11.9. The first-order chi connectivity index (χ1) is 16.9. The van der Waals surface area contributed by atoms with E-state index >= 15 is 0 Å². The summed E-state index contributed by atoms with van der Waals surface area (Å²) < 4.78 is 4.65. The molecule has 0 N–H and O–H groups in total. The standard InChI is InChI=1S/C32H38N4/c1-15-17(3)21(7)31-27(19(15)5)33-13-35(31)29-23(9)25(11)30(26(12)24(29)10)36-14-34-28-20(6)16(2)18(4)22(8)32(28)36/h13-14H,1-12H3. The van der Waals surface area contributed by atoms with Crippen LogP contribution in [0.25, 0.3) is 33.4 Å². The van der Waals surface area contributed by atoms with Gasteiger partial charge in [-0.1, -0.05) is 0 Å². The van der Waals surface area contributed by atoms with E-state index in [0.717, 1.165) is 11.0 Å². The van der Waals surface area contributed by atoms with E-state index in [0.29, 0.717) is 0 Å². The van der Waals surface area contributed by atoms with Gasteiger partial charge in [0, 0.05) is 0 Å². The van der Waals surface area contributed by atoms with Crippen molar-refractivity contribution in [1.82, 2.24) is 19.1 Å². The third-order valence-electron chi connectivity index (χ3n) is 9.36. The van der Waals surface area contributed by atoms with Crippen LogP contribution >= 0.6 is 0 Å². The van der Waals surface area contributed by atoms with Crippen LogP contribution < -0.4 is 0 Å². The number of hydrogen-bond donors (Lipinski definition) is 0. The maximum absolute atomic E-state index is 4.90. The molecular weight excluding hydrogens is 440 g/mol. The molecule has 5 rings (SSSR count). The lowest BCUT2D eigenvalue weighted by Gasteiger charge is -2.24. The minimum atomic E-state index is 1.10. The molecule has 36 heavy (non-hydrogen) atoms. The van der Waals surface area contributed by atoms with Crippen molar-refractivity contribution in [2.75, 3.05) is 0 Å². The topological polar surface area (TPSA) is 35.6 Å². The van der Waals surface area contributed by atoms with E-state index in [9.17, 15) is 0 Å². The average molecular weight is 479 g/mol. The Kier molecular flexibility index (Phi) is 5.44. The monoisotopic (exact) mass is 478 g/mol. The highest BCUT2D eigenvalue weighted by Crippen LogP contribution is 2.38. The fraction of sp³-hybridized carbons (Fsp3) is 0.375. The van der Waals surface area contributed by atoms with Crippen molar-refractivity contribution in [1.29, 1.82) is 0 Å². The van der Waals surface area contributed by atoms with Crippen molar-refractivity contribution in [2.45, 2.75) is 83.1 Å². The molecule has 0 bridgehead atoms. The van der Waals surface area contributed by atoms with E-state index < -0.39 is 0 Å². The first-order valence-corrected chi connectivity index (χ1v) is 12.9. The van der Waals surface area contributed by atoms with Crippen molar-refractivity contribution < 1.29 is 0 Å². The molecule has 0 saturated carbocycles. The van der Waals surface area contributed by atoms with E-state index in [1.807, 2.05) is 12.7 Å². The Hall–Kier alpha value is -3.40. The van der Waals surface area contributed by atoms with Crippen LogP contribution in [0.3, 0.4) is 0 Å². The highest BCUT2D eigenvalue weighted by Gasteiger charge is 2.23. The zero-order valence-corrected chi connectivity index (χ0v) is 23.9. The molecule has 0 amide bonds. The Labute approximate surface area is 215 Å². The van der Waals surface area contributed by atoms with Gasteiger partial charge in [0.25, 0.3) is 0 Å². The summed E-state index contributed by atoms with van der Waals surface area (Å²) >= 11 is 0. The molecule has 0 aliphatic carbocycles. The Balaban J connectivity index is 1.86. The number of aromatic nitrogens is 4. The zero-order valence-electron chi connectivity index (χ0n) is 23.9. The van der Waals surface area contributed by atoms with Gasteiger partial charge in [-0.25, -0.2) is 9.97 Å². The maximum Gasteiger partial charge on any atom is 0.100 e. The average Bonchev–Trinajstić information content (AvgIpc) is 3.48. The second kappa shape index (κ2) is 8.06. The second-order valence-corrected chi connectivity index (χ2v) is 10.8. The molecule has 0 fully saturated rings. The molecule has 4 nitrogen and oxygen atoms in total. The van der Waals surface area contributed by atoms with Crippen molar-refractivity contribution in [3.8, 4) is 11.4 Å². The lowest BCUT2D eigenvalue weighted by Crippen LogP contribution is -2.10. The van der Waals surface area contributed by atoms with E-state index in [1.54, 1.807) is 0 Å². The highest BCUT2D eigenvalue weighted by atomic mass is 15.1. The largest absolute Gasteiger partial charge is 0.298 e. The van der Waals surface area contributed by atoms with Crippen LogP contribution in [0.4, 0.5) is 0 Å². The minimum absolute atomic E-state index is 1.10. The summed E-state index contributed by atoms with van der Waals surface area (Å²) in [7, 11) is 0. The molecule has 186 valence electrons. The Morgan fingerprint density at radius 2 is 0.639 bits per heavy atom. The van der Waals surface area contributed by atoms with Gasteiger partial charge in [0.15, 0.2) is 0 Å². The third-order valence-corrected chi connectivity index (χ3v) is 9.36. The summed E-state index contributed by atoms with van der Waals surface area (Å²) in [5.74, 6) is 0. The smallest absolute Gasteiger partial charge is 0.100 e.